The molecule has 2 N–H and O–H groups in total. The Morgan fingerprint density at radius 3 is 2.16 bits per heavy atom. The average molecular weight is 296 g/mol. The molecular formula is C12H26ClN3O3. The Bertz CT molecular complexity index is 285. The molecule has 0 rings (SSSR count). The molecule has 0 spiro atoms. The molecule has 0 aliphatic rings. The second-order valence-electron chi connectivity index (χ2n) is 4.69. The third kappa shape index (κ3) is 7.34. The number of carbonyl (C=O) groups excluding carboxylic acids is 2. The molecule has 114 valence electrons. The predicted octanol–water partition coefficient (Wildman–Crippen LogP) is -0.0453. The van der Waals surface area contributed by atoms with E-state index in [2.05, 4.69) is 0 Å². The SMILES string of the molecule is COCCN(CC(=O)N(C)C)C(=O)C(C)C(C)N.Cl. The highest BCUT2D eigenvalue weighted by Gasteiger charge is 2.25. The van der Waals surface area contributed by atoms with Gasteiger partial charge in [-0.2, -0.15) is 0 Å². The van der Waals surface area contributed by atoms with Crippen molar-refractivity contribution in [1.82, 2.24) is 9.80 Å². The van der Waals surface area contributed by atoms with E-state index < -0.39 is 0 Å². The Kier molecular flexibility index (Phi) is 10.8. The van der Waals surface area contributed by atoms with E-state index in [9.17, 15) is 9.59 Å². The molecule has 2 atom stereocenters. The molecule has 0 bridgehead atoms. The fourth-order valence-electron chi connectivity index (χ4n) is 1.29. The minimum atomic E-state index is -0.309. The van der Waals surface area contributed by atoms with Crippen LogP contribution in [0.2, 0.25) is 0 Å². The first-order valence-electron chi connectivity index (χ1n) is 6.04. The van der Waals surface area contributed by atoms with Crippen LogP contribution in [-0.2, 0) is 14.3 Å². The zero-order chi connectivity index (χ0) is 14.3. The highest BCUT2D eigenvalue weighted by Crippen LogP contribution is 2.06. The summed E-state index contributed by atoms with van der Waals surface area (Å²) < 4.78 is 4.95. The number of rotatable bonds is 7. The van der Waals surface area contributed by atoms with E-state index >= 15 is 0 Å². The summed E-state index contributed by atoms with van der Waals surface area (Å²) in [5.41, 5.74) is 5.72. The Hall–Kier alpha value is -0.850. The van der Waals surface area contributed by atoms with Gasteiger partial charge in [0.25, 0.3) is 0 Å². The van der Waals surface area contributed by atoms with E-state index in [1.54, 1.807) is 35.1 Å². The van der Waals surface area contributed by atoms with Crippen LogP contribution >= 0.6 is 12.4 Å². The molecule has 0 radical (unpaired) electrons. The molecule has 0 aliphatic heterocycles. The monoisotopic (exact) mass is 295 g/mol. The molecule has 0 aromatic carbocycles. The number of nitrogens with zero attached hydrogens (tertiary/aromatic N) is 2. The van der Waals surface area contributed by atoms with Gasteiger partial charge in [0.2, 0.25) is 11.8 Å². The maximum absolute atomic E-state index is 12.2. The third-order valence-electron chi connectivity index (χ3n) is 2.88. The van der Waals surface area contributed by atoms with Crippen molar-refractivity contribution < 1.29 is 14.3 Å². The Morgan fingerprint density at radius 1 is 1.26 bits per heavy atom. The lowest BCUT2D eigenvalue weighted by molar-refractivity contribution is -0.142. The highest BCUT2D eigenvalue weighted by molar-refractivity contribution is 5.86. The van der Waals surface area contributed by atoms with E-state index in [-0.39, 0.29) is 42.7 Å². The predicted molar refractivity (Wildman–Crippen MR) is 77.2 cm³/mol. The van der Waals surface area contributed by atoms with Gasteiger partial charge in [-0.3, -0.25) is 9.59 Å². The van der Waals surface area contributed by atoms with Crippen LogP contribution in [0.15, 0.2) is 0 Å². The molecule has 0 saturated carbocycles. The second kappa shape index (κ2) is 10.00. The zero-order valence-electron chi connectivity index (χ0n) is 12.4. The van der Waals surface area contributed by atoms with Crippen molar-refractivity contribution in [1.29, 1.82) is 0 Å². The smallest absolute Gasteiger partial charge is 0.241 e. The van der Waals surface area contributed by atoms with Crippen LogP contribution in [0.3, 0.4) is 0 Å². The molecular weight excluding hydrogens is 270 g/mol. The van der Waals surface area contributed by atoms with Gasteiger partial charge >= 0.3 is 0 Å². The molecule has 0 aliphatic carbocycles. The minimum Gasteiger partial charge on any atom is -0.383 e. The Labute approximate surface area is 121 Å². The lowest BCUT2D eigenvalue weighted by atomic mass is 10.0. The molecule has 7 heteroatoms. The molecule has 0 fully saturated rings. The van der Waals surface area contributed by atoms with Crippen molar-refractivity contribution >= 4 is 24.2 Å². The lowest BCUT2D eigenvalue weighted by Gasteiger charge is -2.27. The van der Waals surface area contributed by atoms with Crippen molar-refractivity contribution in [2.75, 3.05) is 40.9 Å². The summed E-state index contributed by atoms with van der Waals surface area (Å²) in [6, 6.07) is -0.239. The largest absolute Gasteiger partial charge is 0.383 e. The molecule has 0 aromatic heterocycles. The third-order valence-corrected chi connectivity index (χ3v) is 2.88. The second-order valence-corrected chi connectivity index (χ2v) is 4.69. The van der Waals surface area contributed by atoms with Gasteiger partial charge in [-0.15, -0.1) is 12.4 Å². The van der Waals surface area contributed by atoms with Crippen LogP contribution in [0, 0.1) is 5.92 Å². The summed E-state index contributed by atoms with van der Waals surface area (Å²) >= 11 is 0. The van der Waals surface area contributed by atoms with Gasteiger partial charge in [0.05, 0.1) is 19.1 Å². The molecule has 0 saturated heterocycles. The number of hydrogen-bond acceptors (Lipinski definition) is 4. The van der Waals surface area contributed by atoms with Crippen LogP contribution in [0.5, 0.6) is 0 Å². The lowest BCUT2D eigenvalue weighted by Crippen LogP contribution is -2.47. The number of likely N-dealkylation sites (N-methyl/N-ethyl adjacent to an activating group) is 1. The van der Waals surface area contributed by atoms with Crippen LogP contribution in [0.1, 0.15) is 13.8 Å². The molecule has 0 aromatic rings. The molecule has 6 nitrogen and oxygen atoms in total. The summed E-state index contributed by atoms with van der Waals surface area (Å²) in [5.74, 6) is -0.537. The van der Waals surface area contributed by atoms with E-state index in [0.29, 0.717) is 13.2 Å². The van der Waals surface area contributed by atoms with Crippen molar-refractivity contribution in [3.05, 3.63) is 0 Å². The summed E-state index contributed by atoms with van der Waals surface area (Å²) in [4.78, 5) is 26.8. The standard InChI is InChI=1S/C12H25N3O3.ClH/c1-9(10(2)13)12(17)15(6-7-18-5)8-11(16)14(3)4;/h9-10H,6-8,13H2,1-5H3;1H. The fourth-order valence-corrected chi connectivity index (χ4v) is 1.29. The number of nitrogens with two attached hydrogens (primary N) is 1. The number of amides is 2. The maximum Gasteiger partial charge on any atom is 0.241 e. The molecule has 19 heavy (non-hydrogen) atoms. The quantitative estimate of drug-likeness (QED) is 0.715. The number of hydrogen-bond donors (Lipinski definition) is 1. The van der Waals surface area contributed by atoms with Crippen LogP contribution in [0.25, 0.3) is 0 Å². The maximum atomic E-state index is 12.2. The van der Waals surface area contributed by atoms with Crippen molar-refractivity contribution in [3.8, 4) is 0 Å². The normalized spacial score (nSPS) is 13.2. The van der Waals surface area contributed by atoms with Crippen LogP contribution in [-0.4, -0.2) is 68.6 Å². The van der Waals surface area contributed by atoms with Crippen LogP contribution in [0.4, 0.5) is 0 Å². The Balaban J connectivity index is 0. The van der Waals surface area contributed by atoms with E-state index in [0.717, 1.165) is 0 Å². The minimum absolute atomic E-state index is 0. The summed E-state index contributed by atoms with van der Waals surface area (Å²) in [6.45, 7) is 4.41. The van der Waals surface area contributed by atoms with Gasteiger partial charge in [-0.25, -0.2) is 0 Å². The zero-order valence-corrected chi connectivity index (χ0v) is 13.2. The van der Waals surface area contributed by atoms with Gasteiger partial charge in [-0.05, 0) is 6.92 Å². The first-order chi connectivity index (χ1) is 8.31. The van der Waals surface area contributed by atoms with Crippen molar-refractivity contribution in [2.45, 2.75) is 19.9 Å². The van der Waals surface area contributed by atoms with Gasteiger partial charge < -0.3 is 20.3 Å². The van der Waals surface area contributed by atoms with Crippen molar-refractivity contribution in [2.24, 2.45) is 11.7 Å². The first kappa shape index (κ1) is 20.5. The molecule has 2 amide bonds. The van der Waals surface area contributed by atoms with E-state index in [4.69, 9.17) is 10.5 Å². The summed E-state index contributed by atoms with van der Waals surface area (Å²) in [5, 5.41) is 0. The average Bonchev–Trinajstić information content (AvgIpc) is 2.31. The summed E-state index contributed by atoms with van der Waals surface area (Å²) in [7, 11) is 4.89. The van der Waals surface area contributed by atoms with Gasteiger partial charge in [0.1, 0.15) is 0 Å². The summed E-state index contributed by atoms with van der Waals surface area (Å²) in [6.07, 6.45) is 0. The highest BCUT2D eigenvalue weighted by atomic mass is 35.5. The Morgan fingerprint density at radius 2 is 1.79 bits per heavy atom. The van der Waals surface area contributed by atoms with Gasteiger partial charge in [-0.1, -0.05) is 6.92 Å². The topological polar surface area (TPSA) is 75.9 Å². The van der Waals surface area contributed by atoms with E-state index in [1.165, 1.54) is 9.80 Å². The molecule has 2 unspecified atom stereocenters. The first-order valence-corrected chi connectivity index (χ1v) is 6.04. The fraction of sp³-hybridized carbons (Fsp3) is 0.833. The number of methoxy groups -OCH3 is 1. The van der Waals surface area contributed by atoms with Crippen molar-refractivity contribution in [3.63, 3.8) is 0 Å². The van der Waals surface area contributed by atoms with Crippen LogP contribution < -0.4 is 5.73 Å². The molecule has 0 heterocycles. The number of carbonyl (C=O) groups is 2. The number of ether oxygens (including phenoxy) is 1. The van der Waals surface area contributed by atoms with E-state index in [1.807, 2.05) is 0 Å². The number of halogens is 1. The van der Waals surface area contributed by atoms with Gasteiger partial charge in [0, 0.05) is 33.8 Å². The van der Waals surface area contributed by atoms with Gasteiger partial charge in [0.15, 0.2) is 0 Å².